The van der Waals surface area contributed by atoms with Crippen LogP contribution in [0, 0.1) is 6.92 Å². The van der Waals surface area contributed by atoms with Gasteiger partial charge in [-0.05, 0) is 58.7 Å². The predicted molar refractivity (Wildman–Crippen MR) is 84.5 cm³/mol. The summed E-state index contributed by atoms with van der Waals surface area (Å²) in [5, 5.41) is 3.35. The first-order valence-corrected chi connectivity index (χ1v) is 6.70. The highest BCUT2D eigenvalue weighted by molar-refractivity contribution is 9.10. The third-order valence-corrected chi connectivity index (χ3v) is 3.56. The number of aryl methyl sites for hydroxylation is 1. The Morgan fingerprint density at radius 3 is 2.56 bits per heavy atom. The summed E-state index contributed by atoms with van der Waals surface area (Å²) in [5.41, 5.74) is 9.67. The van der Waals surface area contributed by atoms with E-state index in [-0.39, 0.29) is 0 Å². The minimum atomic E-state index is 0.431. The van der Waals surface area contributed by atoms with Crippen molar-refractivity contribution in [2.24, 2.45) is 5.73 Å². The van der Waals surface area contributed by atoms with Crippen LogP contribution in [0.15, 0.2) is 46.9 Å². The number of rotatable bonds is 3. The number of thiocarbonyl (C=S) groups is 1. The molecule has 0 aliphatic heterocycles. The lowest BCUT2D eigenvalue weighted by atomic mass is 10.1. The van der Waals surface area contributed by atoms with Gasteiger partial charge in [0.2, 0.25) is 0 Å². The molecule has 0 saturated heterocycles. The van der Waals surface area contributed by atoms with Crippen LogP contribution in [0.3, 0.4) is 0 Å². The summed E-state index contributed by atoms with van der Waals surface area (Å²) < 4.78 is 1.03. The number of para-hydroxylation sites is 1. The number of nitrogens with one attached hydrogen (secondary N) is 1. The number of hydrogen-bond donors (Lipinski definition) is 2. The number of anilines is 2. The summed E-state index contributed by atoms with van der Waals surface area (Å²) in [6.07, 6.45) is 0. The van der Waals surface area contributed by atoms with E-state index in [9.17, 15) is 0 Å². The second kappa shape index (κ2) is 5.50. The molecule has 0 saturated carbocycles. The average molecular weight is 321 g/mol. The highest BCUT2D eigenvalue weighted by Crippen LogP contribution is 2.26. The quantitative estimate of drug-likeness (QED) is 0.835. The van der Waals surface area contributed by atoms with Gasteiger partial charge >= 0.3 is 0 Å². The van der Waals surface area contributed by atoms with E-state index in [1.54, 1.807) is 0 Å². The van der Waals surface area contributed by atoms with Crippen LogP contribution in [0.4, 0.5) is 11.4 Å². The van der Waals surface area contributed by atoms with E-state index in [4.69, 9.17) is 18.0 Å². The lowest BCUT2D eigenvalue weighted by molar-refractivity contribution is 1.42. The van der Waals surface area contributed by atoms with Crippen molar-refractivity contribution in [1.82, 2.24) is 0 Å². The molecule has 3 N–H and O–H groups in total. The van der Waals surface area contributed by atoms with Crippen molar-refractivity contribution in [1.29, 1.82) is 0 Å². The van der Waals surface area contributed by atoms with E-state index in [0.717, 1.165) is 27.0 Å². The highest BCUT2D eigenvalue weighted by Gasteiger charge is 2.04. The molecule has 2 aromatic carbocycles. The Bertz CT molecular complexity index is 596. The third-order valence-electron chi connectivity index (χ3n) is 2.64. The van der Waals surface area contributed by atoms with E-state index in [2.05, 4.69) is 21.2 Å². The number of halogens is 1. The zero-order chi connectivity index (χ0) is 13.1. The zero-order valence-corrected chi connectivity index (χ0v) is 12.3. The van der Waals surface area contributed by atoms with E-state index < -0.39 is 0 Å². The van der Waals surface area contributed by atoms with Gasteiger partial charge in [-0.1, -0.05) is 24.4 Å². The van der Waals surface area contributed by atoms with Crippen molar-refractivity contribution >= 4 is 44.5 Å². The molecule has 0 heterocycles. The lowest BCUT2D eigenvalue weighted by Gasteiger charge is -2.11. The topological polar surface area (TPSA) is 38.0 Å². The predicted octanol–water partition coefficient (Wildman–Crippen LogP) is 4.14. The summed E-state index contributed by atoms with van der Waals surface area (Å²) >= 11 is 8.50. The Balaban J connectivity index is 2.29. The molecule has 92 valence electrons. The van der Waals surface area contributed by atoms with Crippen molar-refractivity contribution < 1.29 is 0 Å². The minimum absolute atomic E-state index is 0.431. The van der Waals surface area contributed by atoms with Gasteiger partial charge in [0.1, 0.15) is 4.99 Å². The van der Waals surface area contributed by atoms with Gasteiger partial charge in [0.15, 0.2) is 0 Å². The third kappa shape index (κ3) is 2.89. The van der Waals surface area contributed by atoms with Crippen molar-refractivity contribution in [3.63, 3.8) is 0 Å². The summed E-state index contributed by atoms with van der Waals surface area (Å²) in [4.78, 5) is 0.431. The molecule has 0 radical (unpaired) electrons. The Kier molecular flexibility index (Phi) is 3.99. The molecule has 4 heteroatoms. The monoisotopic (exact) mass is 320 g/mol. The van der Waals surface area contributed by atoms with E-state index in [0.29, 0.717) is 4.99 Å². The van der Waals surface area contributed by atoms with Crippen LogP contribution in [-0.2, 0) is 0 Å². The maximum absolute atomic E-state index is 5.64. The van der Waals surface area contributed by atoms with Crippen molar-refractivity contribution in [2.45, 2.75) is 6.92 Å². The number of hydrogen-bond acceptors (Lipinski definition) is 2. The van der Waals surface area contributed by atoms with Crippen molar-refractivity contribution in [3.05, 3.63) is 58.1 Å². The zero-order valence-electron chi connectivity index (χ0n) is 9.91. The summed E-state index contributed by atoms with van der Waals surface area (Å²) in [6.45, 7) is 2.00. The Morgan fingerprint density at radius 1 is 1.22 bits per heavy atom. The second-order valence-electron chi connectivity index (χ2n) is 4.00. The van der Waals surface area contributed by atoms with Crippen LogP contribution < -0.4 is 11.1 Å². The molecule has 0 atom stereocenters. The van der Waals surface area contributed by atoms with E-state index in [1.807, 2.05) is 49.4 Å². The van der Waals surface area contributed by atoms with Crippen LogP contribution in [-0.4, -0.2) is 4.99 Å². The van der Waals surface area contributed by atoms with E-state index in [1.165, 1.54) is 0 Å². The molecular weight excluding hydrogens is 308 g/mol. The second-order valence-corrected chi connectivity index (χ2v) is 5.29. The normalized spacial score (nSPS) is 10.1. The van der Waals surface area contributed by atoms with Crippen LogP contribution in [0.5, 0.6) is 0 Å². The molecule has 2 aromatic rings. The molecule has 2 rings (SSSR count). The standard InChI is InChI=1S/C14H13BrN2S/c1-9-8-10(6-7-11(9)14(16)18)17-13-5-3-2-4-12(13)15/h2-8,17H,1H3,(H2,16,18). The molecule has 0 aliphatic rings. The molecule has 0 aliphatic carbocycles. The van der Waals surface area contributed by atoms with Gasteiger partial charge in [-0.15, -0.1) is 0 Å². The fourth-order valence-corrected chi connectivity index (χ4v) is 2.35. The molecule has 2 nitrogen and oxygen atoms in total. The number of nitrogens with two attached hydrogens (primary N) is 1. The Morgan fingerprint density at radius 2 is 1.94 bits per heavy atom. The molecule has 0 bridgehead atoms. The largest absolute Gasteiger partial charge is 0.389 e. The molecule has 0 spiro atoms. The molecular formula is C14H13BrN2S. The van der Waals surface area contributed by atoms with Gasteiger partial charge < -0.3 is 11.1 Å². The highest BCUT2D eigenvalue weighted by atomic mass is 79.9. The van der Waals surface area contributed by atoms with Crippen LogP contribution in [0.1, 0.15) is 11.1 Å². The Labute approximate surface area is 120 Å². The smallest absolute Gasteiger partial charge is 0.104 e. The first-order chi connectivity index (χ1) is 8.58. The van der Waals surface area contributed by atoms with Gasteiger partial charge in [-0.2, -0.15) is 0 Å². The summed E-state index contributed by atoms with van der Waals surface area (Å²) in [7, 11) is 0. The van der Waals surface area contributed by atoms with Gasteiger partial charge in [-0.3, -0.25) is 0 Å². The van der Waals surface area contributed by atoms with Gasteiger partial charge in [-0.25, -0.2) is 0 Å². The summed E-state index contributed by atoms with van der Waals surface area (Å²) in [6, 6.07) is 13.9. The fraction of sp³-hybridized carbons (Fsp3) is 0.0714. The lowest BCUT2D eigenvalue weighted by Crippen LogP contribution is -2.11. The van der Waals surface area contributed by atoms with Gasteiger partial charge in [0.25, 0.3) is 0 Å². The molecule has 0 amide bonds. The van der Waals surface area contributed by atoms with E-state index >= 15 is 0 Å². The fourth-order valence-electron chi connectivity index (χ4n) is 1.74. The first kappa shape index (κ1) is 13.1. The van der Waals surface area contributed by atoms with Gasteiger partial charge in [0.05, 0.1) is 5.69 Å². The first-order valence-electron chi connectivity index (χ1n) is 5.50. The summed E-state index contributed by atoms with van der Waals surface area (Å²) in [5.74, 6) is 0. The maximum Gasteiger partial charge on any atom is 0.104 e. The molecule has 0 unspecified atom stereocenters. The van der Waals surface area contributed by atoms with Crippen LogP contribution >= 0.6 is 28.1 Å². The minimum Gasteiger partial charge on any atom is -0.389 e. The van der Waals surface area contributed by atoms with Gasteiger partial charge in [0, 0.05) is 15.7 Å². The molecule has 0 aromatic heterocycles. The SMILES string of the molecule is Cc1cc(Nc2ccccc2Br)ccc1C(N)=S. The molecule has 0 fully saturated rings. The molecule has 18 heavy (non-hydrogen) atoms. The van der Waals surface area contributed by atoms with Crippen molar-refractivity contribution in [2.75, 3.05) is 5.32 Å². The van der Waals surface area contributed by atoms with Crippen molar-refractivity contribution in [3.8, 4) is 0 Å². The van der Waals surface area contributed by atoms with Crippen LogP contribution in [0.2, 0.25) is 0 Å². The average Bonchev–Trinajstić information content (AvgIpc) is 2.32. The number of benzene rings is 2. The van der Waals surface area contributed by atoms with Crippen LogP contribution in [0.25, 0.3) is 0 Å². The maximum atomic E-state index is 5.64. The Hall–Kier alpha value is -1.39.